The normalized spacial score (nSPS) is 11.3. The molecule has 0 spiro atoms. The molecule has 41 heavy (non-hydrogen) atoms. The molecule has 13 heteroatoms. The highest BCUT2D eigenvalue weighted by Crippen LogP contribution is 2.23. The molecule has 3 heterocycles. The molecular formula is C28H27F3N6O4. The van der Waals surface area contributed by atoms with Crippen molar-refractivity contribution in [2.24, 2.45) is 0 Å². The van der Waals surface area contributed by atoms with Gasteiger partial charge in [-0.05, 0) is 54.7 Å². The number of halogens is 3. The molecule has 0 atom stereocenters. The maximum atomic E-state index is 12.5. The number of ketones is 1. The predicted octanol–water partition coefficient (Wildman–Crippen LogP) is 3.96. The Morgan fingerprint density at radius 1 is 1.00 bits per heavy atom. The Labute approximate surface area is 232 Å². The molecule has 1 amide bonds. The van der Waals surface area contributed by atoms with Crippen LogP contribution in [-0.2, 0) is 26.1 Å². The molecule has 214 valence electrons. The lowest BCUT2D eigenvalue weighted by atomic mass is 10.0. The number of unbranched alkanes of at least 4 members (excludes halogenated alkanes) is 1. The Morgan fingerprint density at radius 3 is 2.56 bits per heavy atom. The van der Waals surface area contributed by atoms with Gasteiger partial charge >= 0.3 is 6.36 Å². The highest BCUT2D eigenvalue weighted by molar-refractivity contribution is 5.96. The van der Waals surface area contributed by atoms with Gasteiger partial charge in [-0.15, -0.1) is 18.3 Å². The van der Waals surface area contributed by atoms with Crippen LogP contribution < -0.4 is 15.6 Å². The number of rotatable bonds is 13. The van der Waals surface area contributed by atoms with E-state index in [1.807, 2.05) is 12.1 Å². The fourth-order valence-corrected chi connectivity index (χ4v) is 4.01. The van der Waals surface area contributed by atoms with Gasteiger partial charge in [-0.2, -0.15) is 0 Å². The van der Waals surface area contributed by atoms with Crippen molar-refractivity contribution < 1.29 is 27.5 Å². The molecule has 3 aromatic heterocycles. The number of pyridine rings is 2. The lowest BCUT2D eigenvalue weighted by Crippen LogP contribution is -2.23. The maximum absolute atomic E-state index is 12.5. The molecule has 0 aliphatic heterocycles. The Kier molecular flexibility index (Phi) is 9.61. The standard InChI is InChI=1S/C28H27F3N6O4/c29-28(30,31)41-23-7-3-5-21(15-23)18-33-27(40)24-19-37(35-34-24)13-2-1-12-36-14-10-22(16-26(36)39)25(38)9-8-20-6-4-11-32-17-20/h3-7,10-11,14-17,19H,1-2,8-9,12-13,18H2,(H,33,40). The smallest absolute Gasteiger partial charge is 0.406 e. The minimum atomic E-state index is -4.80. The Morgan fingerprint density at radius 2 is 1.80 bits per heavy atom. The number of nitrogens with one attached hydrogen (secondary N) is 1. The number of carbonyl (C=O) groups excluding carboxylic acids is 2. The van der Waals surface area contributed by atoms with Crippen molar-refractivity contribution in [2.75, 3.05) is 0 Å². The number of aromatic nitrogens is 5. The molecule has 0 unspecified atom stereocenters. The molecule has 0 aliphatic carbocycles. The number of nitrogens with zero attached hydrogens (tertiary/aromatic N) is 5. The van der Waals surface area contributed by atoms with Crippen LogP contribution in [-0.4, -0.2) is 42.6 Å². The molecule has 0 saturated heterocycles. The number of ether oxygens (including phenoxy) is 1. The summed E-state index contributed by atoms with van der Waals surface area (Å²) in [5.74, 6) is -1.01. The minimum absolute atomic E-state index is 0.0234. The lowest BCUT2D eigenvalue weighted by molar-refractivity contribution is -0.274. The van der Waals surface area contributed by atoms with Crippen LogP contribution in [0.4, 0.5) is 13.2 Å². The van der Waals surface area contributed by atoms with Gasteiger partial charge in [0.05, 0.1) is 6.20 Å². The van der Waals surface area contributed by atoms with Crippen LogP contribution in [0.25, 0.3) is 0 Å². The summed E-state index contributed by atoms with van der Waals surface area (Å²) >= 11 is 0. The number of amides is 1. The van der Waals surface area contributed by atoms with Crippen molar-refractivity contribution in [3.05, 3.63) is 106 Å². The van der Waals surface area contributed by atoms with Crippen LogP contribution in [0.2, 0.25) is 0 Å². The third-order valence-corrected chi connectivity index (χ3v) is 6.07. The fraction of sp³-hybridized carbons (Fsp3) is 0.286. The van der Waals surface area contributed by atoms with E-state index in [1.54, 1.807) is 30.7 Å². The topological polar surface area (TPSA) is 121 Å². The summed E-state index contributed by atoms with van der Waals surface area (Å²) in [5, 5.41) is 10.4. The van der Waals surface area contributed by atoms with E-state index >= 15 is 0 Å². The summed E-state index contributed by atoms with van der Waals surface area (Å²) in [5.41, 5.74) is 1.56. The van der Waals surface area contributed by atoms with Gasteiger partial charge in [-0.25, -0.2) is 0 Å². The minimum Gasteiger partial charge on any atom is -0.406 e. The number of alkyl halides is 3. The number of hydrogen-bond acceptors (Lipinski definition) is 7. The van der Waals surface area contributed by atoms with E-state index in [1.165, 1.54) is 39.7 Å². The average molecular weight is 569 g/mol. The Hall–Kier alpha value is -4.81. The Balaban J connectivity index is 1.19. The molecular weight excluding hydrogens is 541 g/mol. The third-order valence-electron chi connectivity index (χ3n) is 6.07. The second-order valence-corrected chi connectivity index (χ2v) is 9.18. The van der Waals surface area contributed by atoms with E-state index < -0.39 is 12.3 Å². The number of benzene rings is 1. The summed E-state index contributed by atoms with van der Waals surface area (Å²) < 4.78 is 44.1. The first-order valence-electron chi connectivity index (χ1n) is 12.8. The van der Waals surface area contributed by atoms with Crippen molar-refractivity contribution >= 4 is 11.7 Å². The van der Waals surface area contributed by atoms with E-state index in [2.05, 4.69) is 25.3 Å². The van der Waals surface area contributed by atoms with E-state index in [0.29, 0.717) is 43.5 Å². The van der Waals surface area contributed by atoms with Crippen LogP contribution in [0.3, 0.4) is 0 Å². The van der Waals surface area contributed by atoms with Crippen LogP contribution in [0.15, 0.2) is 78.1 Å². The van der Waals surface area contributed by atoms with Gasteiger partial charge in [0, 0.05) is 56.3 Å². The summed E-state index contributed by atoms with van der Waals surface area (Å²) in [7, 11) is 0. The van der Waals surface area contributed by atoms with Gasteiger partial charge in [0.1, 0.15) is 5.75 Å². The fourth-order valence-electron chi connectivity index (χ4n) is 4.01. The number of carbonyl (C=O) groups is 2. The first kappa shape index (κ1) is 29.2. The van der Waals surface area contributed by atoms with Crippen molar-refractivity contribution in [1.82, 2.24) is 29.9 Å². The average Bonchev–Trinajstić information content (AvgIpc) is 3.42. The Bertz CT molecular complexity index is 1540. The van der Waals surface area contributed by atoms with E-state index in [4.69, 9.17) is 0 Å². The zero-order valence-electron chi connectivity index (χ0n) is 21.9. The summed E-state index contributed by atoms with van der Waals surface area (Å²) in [6, 6.07) is 12.0. The van der Waals surface area contributed by atoms with E-state index in [0.717, 1.165) is 5.56 Å². The quantitative estimate of drug-likeness (QED) is 0.191. The van der Waals surface area contributed by atoms with Crippen molar-refractivity contribution in [3.8, 4) is 5.75 Å². The second-order valence-electron chi connectivity index (χ2n) is 9.18. The predicted molar refractivity (Wildman–Crippen MR) is 141 cm³/mol. The first-order valence-corrected chi connectivity index (χ1v) is 12.8. The molecule has 0 radical (unpaired) electrons. The molecule has 0 aliphatic rings. The number of Topliss-reactive ketones (excluding diaryl/α,β-unsaturated/α-hetero) is 1. The number of hydrogen-bond donors (Lipinski definition) is 1. The lowest BCUT2D eigenvalue weighted by Gasteiger charge is -2.10. The molecule has 0 bridgehead atoms. The highest BCUT2D eigenvalue weighted by atomic mass is 19.4. The molecule has 4 rings (SSSR count). The monoisotopic (exact) mass is 568 g/mol. The summed E-state index contributed by atoms with van der Waals surface area (Å²) in [6.07, 6.45) is 3.79. The molecule has 0 saturated carbocycles. The van der Waals surface area contributed by atoms with E-state index in [9.17, 15) is 27.6 Å². The zero-order chi connectivity index (χ0) is 29.2. The third kappa shape index (κ3) is 9.12. The SMILES string of the molecule is O=C(CCc1cccnc1)c1ccn(CCCCn2cc(C(=O)NCc3cccc(OC(F)(F)F)c3)nn2)c(=O)c1. The number of aryl methyl sites for hydroxylation is 3. The van der Waals surface area contributed by atoms with Crippen LogP contribution >= 0.6 is 0 Å². The summed E-state index contributed by atoms with van der Waals surface area (Å²) in [6.45, 7) is 0.878. The summed E-state index contributed by atoms with van der Waals surface area (Å²) in [4.78, 5) is 41.4. The molecule has 1 N–H and O–H groups in total. The van der Waals surface area contributed by atoms with Gasteiger partial charge in [0.15, 0.2) is 11.5 Å². The highest BCUT2D eigenvalue weighted by Gasteiger charge is 2.31. The largest absolute Gasteiger partial charge is 0.573 e. The van der Waals surface area contributed by atoms with Gasteiger partial charge in [0.2, 0.25) is 0 Å². The van der Waals surface area contributed by atoms with Crippen molar-refractivity contribution in [1.29, 1.82) is 0 Å². The first-order chi connectivity index (χ1) is 19.7. The van der Waals surface area contributed by atoms with E-state index in [-0.39, 0.29) is 35.8 Å². The molecule has 10 nitrogen and oxygen atoms in total. The van der Waals surface area contributed by atoms with Gasteiger partial charge in [-0.3, -0.25) is 24.0 Å². The van der Waals surface area contributed by atoms with Gasteiger partial charge in [0.25, 0.3) is 11.5 Å². The molecule has 0 fully saturated rings. The zero-order valence-corrected chi connectivity index (χ0v) is 21.9. The van der Waals surface area contributed by atoms with Gasteiger partial charge < -0.3 is 14.6 Å². The van der Waals surface area contributed by atoms with Crippen LogP contribution in [0.5, 0.6) is 5.75 Å². The van der Waals surface area contributed by atoms with Crippen LogP contribution in [0.1, 0.15) is 51.2 Å². The van der Waals surface area contributed by atoms with Gasteiger partial charge in [-0.1, -0.05) is 23.4 Å². The maximum Gasteiger partial charge on any atom is 0.573 e. The van der Waals surface area contributed by atoms with Crippen molar-refractivity contribution in [3.63, 3.8) is 0 Å². The van der Waals surface area contributed by atoms with Crippen LogP contribution in [0, 0.1) is 0 Å². The molecule has 4 aromatic rings. The van der Waals surface area contributed by atoms with Crippen molar-refractivity contribution in [2.45, 2.75) is 51.7 Å². The molecule has 1 aromatic carbocycles. The second kappa shape index (κ2) is 13.5.